The number of hydrogen-bond donors (Lipinski definition) is 1. The molecular weight excluding hydrogens is 304 g/mol. The second-order valence-corrected chi connectivity index (χ2v) is 7.27. The van der Waals surface area contributed by atoms with Gasteiger partial charge in [-0.2, -0.15) is 4.31 Å². The molecule has 1 fully saturated rings. The fourth-order valence-electron chi connectivity index (χ4n) is 2.58. The van der Waals surface area contributed by atoms with E-state index in [0.717, 1.165) is 12.8 Å². The summed E-state index contributed by atoms with van der Waals surface area (Å²) in [5.74, 6) is 0.425. The molecule has 2 aromatic rings. The first kappa shape index (κ1) is 15.1. The highest BCUT2D eigenvalue weighted by Crippen LogP contribution is 2.23. The third kappa shape index (κ3) is 2.87. The van der Waals surface area contributed by atoms with Crippen molar-refractivity contribution in [3.8, 4) is 5.69 Å². The van der Waals surface area contributed by atoms with Crippen molar-refractivity contribution in [1.82, 2.24) is 24.5 Å². The Balaban J connectivity index is 1.78. The van der Waals surface area contributed by atoms with Gasteiger partial charge in [0.25, 0.3) is 0 Å². The maximum absolute atomic E-state index is 12.6. The number of tetrazole rings is 1. The van der Waals surface area contributed by atoms with Crippen molar-refractivity contribution in [1.29, 1.82) is 0 Å². The average Bonchev–Trinajstić information content (AvgIpc) is 3.09. The average molecular weight is 322 g/mol. The minimum Gasteiger partial charge on any atom is -0.330 e. The summed E-state index contributed by atoms with van der Waals surface area (Å²) in [4.78, 5) is 0.288. The molecule has 1 aliphatic heterocycles. The number of hydrogen-bond acceptors (Lipinski definition) is 6. The standard InChI is InChI=1S/C13H18N6O2S/c14-9-11-5-7-18(8-6-11)22(20,21)13-3-1-12(2-4-13)19-10-15-16-17-19/h1-4,10-11H,5-9,14H2. The molecule has 0 saturated carbocycles. The smallest absolute Gasteiger partial charge is 0.243 e. The second-order valence-electron chi connectivity index (χ2n) is 5.33. The first-order valence-corrected chi connectivity index (χ1v) is 8.59. The zero-order valence-corrected chi connectivity index (χ0v) is 12.9. The molecule has 2 heterocycles. The van der Waals surface area contributed by atoms with Crippen LogP contribution in [0, 0.1) is 5.92 Å². The highest BCUT2D eigenvalue weighted by Gasteiger charge is 2.28. The number of piperidine rings is 1. The Kier molecular flexibility index (Phi) is 4.19. The summed E-state index contributed by atoms with van der Waals surface area (Å²) >= 11 is 0. The number of rotatable bonds is 4. The lowest BCUT2D eigenvalue weighted by atomic mass is 9.99. The lowest BCUT2D eigenvalue weighted by Crippen LogP contribution is -2.39. The predicted molar refractivity (Wildman–Crippen MR) is 79.7 cm³/mol. The summed E-state index contributed by atoms with van der Waals surface area (Å²) in [6.07, 6.45) is 3.10. The first-order valence-electron chi connectivity index (χ1n) is 7.15. The third-order valence-electron chi connectivity index (χ3n) is 3.99. The van der Waals surface area contributed by atoms with Crippen molar-refractivity contribution < 1.29 is 8.42 Å². The van der Waals surface area contributed by atoms with E-state index in [1.54, 1.807) is 24.3 Å². The first-order chi connectivity index (χ1) is 10.6. The zero-order valence-electron chi connectivity index (χ0n) is 12.0. The van der Waals surface area contributed by atoms with Crippen LogP contribution in [0.2, 0.25) is 0 Å². The monoisotopic (exact) mass is 322 g/mol. The maximum atomic E-state index is 12.6. The van der Waals surface area contributed by atoms with Crippen molar-refractivity contribution in [2.45, 2.75) is 17.7 Å². The van der Waals surface area contributed by atoms with Crippen LogP contribution in [0.1, 0.15) is 12.8 Å². The molecule has 1 aliphatic rings. The Morgan fingerprint density at radius 3 is 2.41 bits per heavy atom. The van der Waals surface area contributed by atoms with Gasteiger partial charge in [0.1, 0.15) is 6.33 Å². The molecule has 8 nitrogen and oxygen atoms in total. The van der Waals surface area contributed by atoms with Crippen LogP contribution in [0.25, 0.3) is 5.69 Å². The van der Waals surface area contributed by atoms with Crippen LogP contribution < -0.4 is 5.73 Å². The van der Waals surface area contributed by atoms with Gasteiger partial charge in [-0.1, -0.05) is 0 Å². The van der Waals surface area contributed by atoms with Gasteiger partial charge in [0.2, 0.25) is 10.0 Å². The van der Waals surface area contributed by atoms with Gasteiger partial charge in [0.15, 0.2) is 0 Å². The SMILES string of the molecule is NCC1CCN(S(=O)(=O)c2ccc(-n3cnnn3)cc2)CC1. The van der Waals surface area contributed by atoms with Gasteiger partial charge >= 0.3 is 0 Å². The van der Waals surface area contributed by atoms with E-state index in [2.05, 4.69) is 15.5 Å². The summed E-state index contributed by atoms with van der Waals surface area (Å²) in [6.45, 7) is 1.67. The highest BCUT2D eigenvalue weighted by molar-refractivity contribution is 7.89. The van der Waals surface area contributed by atoms with Gasteiger partial charge in [-0.05, 0) is 60.0 Å². The molecule has 0 radical (unpaired) electrons. The molecular formula is C13H18N6O2S. The molecule has 2 N–H and O–H groups in total. The Bertz CT molecular complexity index is 705. The molecule has 0 bridgehead atoms. The summed E-state index contributed by atoms with van der Waals surface area (Å²) in [6, 6.07) is 6.55. The number of sulfonamides is 1. The second kappa shape index (κ2) is 6.11. The van der Waals surface area contributed by atoms with E-state index in [1.807, 2.05) is 0 Å². The molecule has 9 heteroatoms. The van der Waals surface area contributed by atoms with Crippen LogP contribution in [0.15, 0.2) is 35.5 Å². The van der Waals surface area contributed by atoms with Crippen LogP contribution in [0.3, 0.4) is 0 Å². The zero-order chi connectivity index (χ0) is 15.6. The van der Waals surface area contributed by atoms with Crippen LogP contribution in [-0.4, -0.2) is 52.6 Å². The Morgan fingerprint density at radius 1 is 1.18 bits per heavy atom. The van der Waals surface area contributed by atoms with E-state index in [9.17, 15) is 8.42 Å². The van der Waals surface area contributed by atoms with Crippen molar-refractivity contribution in [3.05, 3.63) is 30.6 Å². The fraction of sp³-hybridized carbons (Fsp3) is 0.462. The Morgan fingerprint density at radius 2 is 1.86 bits per heavy atom. The van der Waals surface area contributed by atoms with Crippen LogP contribution in [0.4, 0.5) is 0 Å². The summed E-state index contributed by atoms with van der Waals surface area (Å²) in [5, 5.41) is 10.9. The number of aromatic nitrogens is 4. The normalized spacial score (nSPS) is 17.7. The number of nitrogens with zero attached hydrogens (tertiary/aromatic N) is 5. The van der Waals surface area contributed by atoms with Gasteiger partial charge < -0.3 is 5.73 Å². The van der Waals surface area contributed by atoms with Gasteiger partial charge in [-0.3, -0.25) is 0 Å². The number of nitrogens with two attached hydrogens (primary N) is 1. The largest absolute Gasteiger partial charge is 0.330 e. The molecule has 0 aliphatic carbocycles. The molecule has 0 amide bonds. The molecule has 1 aromatic carbocycles. The lowest BCUT2D eigenvalue weighted by Gasteiger charge is -2.30. The molecule has 3 rings (SSSR count). The molecule has 22 heavy (non-hydrogen) atoms. The van der Waals surface area contributed by atoms with Crippen molar-refractivity contribution in [2.75, 3.05) is 19.6 Å². The molecule has 0 unspecified atom stereocenters. The Hall–Kier alpha value is -1.84. The van der Waals surface area contributed by atoms with Crippen LogP contribution in [-0.2, 0) is 10.0 Å². The fourth-order valence-corrected chi connectivity index (χ4v) is 4.05. The van der Waals surface area contributed by atoms with Crippen molar-refractivity contribution >= 4 is 10.0 Å². The number of benzene rings is 1. The molecule has 1 saturated heterocycles. The minimum atomic E-state index is -3.45. The lowest BCUT2D eigenvalue weighted by molar-refractivity contribution is 0.278. The van der Waals surface area contributed by atoms with Crippen LogP contribution >= 0.6 is 0 Å². The summed E-state index contributed by atoms with van der Waals surface area (Å²) in [7, 11) is -3.45. The van der Waals surface area contributed by atoms with E-state index in [0.29, 0.717) is 31.2 Å². The molecule has 0 spiro atoms. The van der Waals surface area contributed by atoms with Crippen molar-refractivity contribution in [2.24, 2.45) is 11.7 Å². The van der Waals surface area contributed by atoms with E-state index in [4.69, 9.17) is 5.73 Å². The van der Waals surface area contributed by atoms with E-state index in [1.165, 1.54) is 15.3 Å². The minimum absolute atomic E-state index is 0.288. The highest BCUT2D eigenvalue weighted by atomic mass is 32.2. The predicted octanol–water partition coefficient (Wildman–Crippen LogP) is 0.0217. The van der Waals surface area contributed by atoms with E-state index < -0.39 is 10.0 Å². The third-order valence-corrected chi connectivity index (χ3v) is 5.91. The van der Waals surface area contributed by atoms with E-state index >= 15 is 0 Å². The topological polar surface area (TPSA) is 107 Å². The van der Waals surface area contributed by atoms with Gasteiger partial charge in [0, 0.05) is 13.1 Å². The Labute approximate surface area is 129 Å². The molecule has 1 aromatic heterocycles. The van der Waals surface area contributed by atoms with Gasteiger partial charge in [-0.15, -0.1) is 5.10 Å². The van der Waals surface area contributed by atoms with Gasteiger partial charge in [0.05, 0.1) is 10.6 Å². The van der Waals surface area contributed by atoms with E-state index in [-0.39, 0.29) is 4.90 Å². The van der Waals surface area contributed by atoms with Gasteiger partial charge in [-0.25, -0.2) is 13.1 Å². The molecule has 0 atom stereocenters. The quantitative estimate of drug-likeness (QED) is 0.850. The molecule has 118 valence electrons. The maximum Gasteiger partial charge on any atom is 0.243 e. The van der Waals surface area contributed by atoms with Crippen LogP contribution in [0.5, 0.6) is 0 Å². The summed E-state index contributed by atoms with van der Waals surface area (Å²) < 4.78 is 28.3. The summed E-state index contributed by atoms with van der Waals surface area (Å²) in [5.41, 5.74) is 6.36. The van der Waals surface area contributed by atoms with Crippen molar-refractivity contribution in [3.63, 3.8) is 0 Å².